The average molecular weight is 278 g/mol. The highest BCUT2D eigenvalue weighted by atomic mass is 19.1. The zero-order valence-electron chi connectivity index (χ0n) is 12.2. The molecule has 2 aromatic rings. The molecule has 0 unspecified atom stereocenters. The number of halogens is 1. The highest BCUT2D eigenvalue weighted by molar-refractivity contribution is 5.80. The van der Waals surface area contributed by atoms with Crippen molar-refractivity contribution in [3.05, 3.63) is 36.3 Å². The van der Waals surface area contributed by atoms with Gasteiger partial charge >= 0.3 is 0 Å². The summed E-state index contributed by atoms with van der Waals surface area (Å²) in [5.74, 6) is -0.182. The predicted molar refractivity (Wildman–Crippen MR) is 80.5 cm³/mol. The zero-order chi connectivity index (χ0) is 14.4. The van der Waals surface area contributed by atoms with Crippen LogP contribution >= 0.6 is 0 Å². The van der Waals surface area contributed by atoms with Crippen LogP contribution in [0.25, 0.3) is 10.9 Å². The van der Waals surface area contributed by atoms with Crippen LogP contribution in [0, 0.1) is 5.82 Å². The number of fused-ring (bicyclic) bond motifs is 1. The second-order valence-corrected chi connectivity index (χ2v) is 5.24. The Bertz CT molecular complexity index is 536. The third kappa shape index (κ3) is 4.32. The first kappa shape index (κ1) is 15.0. The highest BCUT2D eigenvalue weighted by Crippen LogP contribution is 2.16. The van der Waals surface area contributed by atoms with Gasteiger partial charge in [-0.15, -0.1) is 0 Å². The Labute approximate surface area is 119 Å². The molecule has 1 N–H and O–H groups in total. The molecule has 1 aromatic carbocycles. The fourth-order valence-corrected chi connectivity index (χ4v) is 2.21. The summed E-state index contributed by atoms with van der Waals surface area (Å²) in [7, 11) is 0. The molecule has 2 rings (SSSR count). The smallest absolute Gasteiger partial charge is 0.123 e. The van der Waals surface area contributed by atoms with Crippen molar-refractivity contribution in [1.29, 1.82) is 0 Å². The van der Waals surface area contributed by atoms with Crippen molar-refractivity contribution in [3.8, 4) is 0 Å². The molecule has 20 heavy (non-hydrogen) atoms. The van der Waals surface area contributed by atoms with E-state index >= 15 is 0 Å². The molecule has 0 saturated heterocycles. The van der Waals surface area contributed by atoms with Crippen molar-refractivity contribution < 1.29 is 9.13 Å². The van der Waals surface area contributed by atoms with Gasteiger partial charge in [0.1, 0.15) is 5.82 Å². The number of ether oxygens (including phenoxy) is 1. The van der Waals surface area contributed by atoms with E-state index in [2.05, 4.69) is 9.88 Å². The summed E-state index contributed by atoms with van der Waals surface area (Å²) in [6.07, 6.45) is 3.34. The van der Waals surface area contributed by atoms with Gasteiger partial charge in [0.2, 0.25) is 0 Å². The van der Waals surface area contributed by atoms with E-state index in [1.54, 1.807) is 6.07 Å². The number of benzene rings is 1. The largest absolute Gasteiger partial charge is 0.379 e. The van der Waals surface area contributed by atoms with E-state index in [9.17, 15) is 4.39 Å². The van der Waals surface area contributed by atoms with E-state index in [0.29, 0.717) is 6.10 Å². The van der Waals surface area contributed by atoms with Crippen LogP contribution in [0.4, 0.5) is 4.39 Å². The summed E-state index contributed by atoms with van der Waals surface area (Å²) in [6.45, 7) is 7.65. The maximum Gasteiger partial charge on any atom is 0.123 e. The molecule has 110 valence electrons. The lowest BCUT2D eigenvalue weighted by Crippen LogP contribution is -2.22. The molecule has 0 radical (unpaired) electrons. The fraction of sp³-hybridized carbons (Fsp3) is 0.500. The highest BCUT2D eigenvalue weighted by Gasteiger charge is 2.01. The molecule has 0 bridgehead atoms. The monoisotopic (exact) mass is 278 g/mol. The normalized spacial score (nSPS) is 11.6. The lowest BCUT2D eigenvalue weighted by molar-refractivity contribution is 0.0771. The summed E-state index contributed by atoms with van der Waals surface area (Å²) >= 11 is 0. The first-order valence-electron chi connectivity index (χ1n) is 7.23. The third-order valence-electron chi connectivity index (χ3n) is 3.21. The van der Waals surface area contributed by atoms with Crippen LogP contribution in [0.3, 0.4) is 0 Å². The average Bonchev–Trinajstić information content (AvgIpc) is 2.79. The van der Waals surface area contributed by atoms with Crippen molar-refractivity contribution in [3.63, 3.8) is 0 Å². The number of aromatic nitrogens is 1. The lowest BCUT2D eigenvalue weighted by Gasteiger charge is -2.09. The van der Waals surface area contributed by atoms with Crippen molar-refractivity contribution in [2.45, 2.75) is 32.9 Å². The predicted octanol–water partition coefficient (Wildman–Crippen LogP) is 3.19. The maximum absolute atomic E-state index is 13.1. The van der Waals surface area contributed by atoms with Gasteiger partial charge in [0.15, 0.2) is 0 Å². The summed E-state index contributed by atoms with van der Waals surface area (Å²) in [6, 6.07) is 6.87. The number of hydrogen-bond donors (Lipinski definition) is 1. The number of rotatable bonds is 8. The molecule has 0 aliphatic carbocycles. The summed E-state index contributed by atoms with van der Waals surface area (Å²) in [4.78, 5) is 0. The van der Waals surface area contributed by atoms with Crippen LogP contribution in [0.1, 0.15) is 20.3 Å². The van der Waals surface area contributed by atoms with Gasteiger partial charge in [-0.1, -0.05) is 0 Å². The van der Waals surface area contributed by atoms with E-state index in [-0.39, 0.29) is 5.82 Å². The van der Waals surface area contributed by atoms with Crippen molar-refractivity contribution >= 4 is 10.9 Å². The minimum atomic E-state index is -0.182. The van der Waals surface area contributed by atoms with Gasteiger partial charge < -0.3 is 14.6 Å². The van der Waals surface area contributed by atoms with E-state index in [0.717, 1.165) is 43.6 Å². The van der Waals surface area contributed by atoms with Gasteiger partial charge in [0.25, 0.3) is 0 Å². The van der Waals surface area contributed by atoms with Crippen LogP contribution in [-0.2, 0) is 11.3 Å². The second-order valence-electron chi connectivity index (χ2n) is 5.24. The van der Waals surface area contributed by atoms with E-state index < -0.39 is 0 Å². The van der Waals surface area contributed by atoms with Crippen molar-refractivity contribution in [1.82, 2.24) is 9.88 Å². The molecule has 0 saturated carbocycles. The standard InChI is InChI=1S/C16H23FN2O/c1-13(2)20-11-3-7-18-8-10-19-9-6-14-12-15(17)4-5-16(14)19/h4-6,9,12-13,18H,3,7-8,10-11H2,1-2H3. The Balaban J connectivity index is 1.71. The van der Waals surface area contributed by atoms with Crippen LogP contribution in [0.15, 0.2) is 30.5 Å². The quantitative estimate of drug-likeness (QED) is 0.751. The van der Waals surface area contributed by atoms with Crippen LogP contribution in [0.2, 0.25) is 0 Å². The van der Waals surface area contributed by atoms with Gasteiger partial charge in [-0.3, -0.25) is 0 Å². The molecule has 0 fully saturated rings. The molecule has 4 heteroatoms. The molecule has 3 nitrogen and oxygen atoms in total. The van der Waals surface area contributed by atoms with Gasteiger partial charge in [0, 0.05) is 36.8 Å². The van der Waals surface area contributed by atoms with Gasteiger partial charge in [0.05, 0.1) is 6.10 Å². The fourth-order valence-electron chi connectivity index (χ4n) is 2.21. The van der Waals surface area contributed by atoms with E-state index in [1.165, 1.54) is 6.07 Å². The topological polar surface area (TPSA) is 26.2 Å². The third-order valence-corrected chi connectivity index (χ3v) is 3.21. The van der Waals surface area contributed by atoms with Gasteiger partial charge in [-0.05, 0) is 51.1 Å². The number of hydrogen-bond acceptors (Lipinski definition) is 2. The summed E-state index contributed by atoms with van der Waals surface area (Å²) < 4.78 is 20.7. The first-order chi connectivity index (χ1) is 9.66. The van der Waals surface area contributed by atoms with E-state index in [1.807, 2.05) is 32.2 Å². The SMILES string of the molecule is CC(C)OCCCNCCn1ccc2cc(F)ccc21. The molecular formula is C16H23FN2O. The minimum Gasteiger partial charge on any atom is -0.379 e. The Kier molecular flexibility index (Phi) is 5.56. The molecule has 0 atom stereocenters. The Hall–Kier alpha value is -1.39. The summed E-state index contributed by atoms with van der Waals surface area (Å²) in [5, 5.41) is 4.35. The minimum absolute atomic E-state index is 0.182. The summed E-state index contributed by atoms with van der Waals surface area (Å²) in [5.41, 5.74) is 1.08. The molecule has 1 heterocycles. The maximum atomic E-state index is 13.1. The Morgan fingerprint density at radius 2 is 2.10 bits per heavy atom. The molecule has 0 amide bonds. The molecule has 1 aromatic heterocycles. The zero-order valence-corrected chi connectivity index (χ0v) is 12.2. The molecular weight excluding hydrogens is 255 g/mol. The Morgan fingerprint density at radius 3 is 2.90 bits per heavy atom. The van der Waals surface area contributed by atoms with E-state index in [4.69, 9.17) is 4.74 Å². The first-order valence-corrected chi connectivity index (χ1v) is 7.23. The van der Waals surface area contributed by atoms with Gasteiger partial charge in [-0.25, -0.2) is 4.39 Å². The number of nitrogens with one attached hydrogen (secondary N) is 1. The number of nitrogens with zero attached hydrogens (tertiary/aromatic N) is 1. The van der Waals surface area contributed by atoms with Crippen molar-refractivity contribution in [2.75, 3.05) is 19.7 Å². The molecule has 0 aliphatic heterocycles. The van der Waals surface area contributed by atoms with Crippen LogP contribution < -0.4 is 5.32 Å². The van der Waals surface area contributed by atoms with Crippen LogP contribution in [-0.4, -0.2) is 30.4 Å². The Morgan fingerprint density at radius 1 is 1.25 bits per heavy atom. The molecule has 0 spiro atoms. The molecule has 0 aliphatic rings. The van der Waals surface area contributed by atoms with Gasteiger partial charge in [-0.2, -0.15) is 0 Å². The van der Waals surface area contributed by atoms with Crippen molar-refractivity contribution in [2.24, 2.45) is 0 Å². The second kappa shape index (κ2) is 7.41. The van der Waals surface area contributed by atoms with Crippen LogP contribution in [0.5, 0.6) is 0 Å². The lowest BCUT2D eigenvalue weighted by atomic mass is 10.2.